The molecular formula is C15H16BrF2NS. The fourth-order valence-corrected chi connectivity index (χ4v) is 3.34. The molecule has 20 heavy (non-hydrogen) atoms. The molecule has 108 valence electrons. The van der Waals surface area contributed by atoms with E-state index in [0.29, 0.717) is 10.9 Å². The molecule has 0 aliphatic rings. The van der Waals surface area contributed by atoms with Crippen molar-refractivity contribution in [3.05, 3.63) is 56.2 Å². The van der Waals surface area contributed by atoms with E-state index < -0.39 is 11.6 Å². The Morgan fingerprint density at radius 3 is 2.70 bits per heavy atom. The maximum absolute atomic E-state index is 14.0. The summed E-state index contributed by atoms with van der Waals surface area (Å²) >= 11 is 4.77. The van der Waals surface area contributed by atoms with Gasteiger partial charge in [-0.1, -0.05) is 13.0 Å². The number of hydrogen-bond donors (Lipinski definition) is 1. The topological polar surface area (TPSA) is 12.0 Å². The van der Waals surface area contributed by atoms with Crippen LogP contribution in [0.5, 0.6) is 0 Å². The maximum Gasteiger partial charge on any atom is 0.143 e. The first kappa shape index (κ1) is 15.6. The Kier molecular flexibility index (Phi) is 5.69. The van der Waals surface area contributed by atoms with E-state index in [2.05, 4.69) is 21.2 Å². The van der Waals surface area contributed by atoms with Crippen LogP contribution in [0.3, 0.4) is 0 Å². The molecule has 1 aromatic heterocycles. The van der Waals surface area contributed by atoms with Crippen molar-refractivity contribution in [3.8, 4) is 0 Å². The van der Waals surface area contributed by atoms with Crippen LogP contribution in [-0.4, -0.2) is 12.6 Å². The second-order valence-electron chi connectivity index (χ2n) is 4.56. The van der Waals surface area contributed by atoms with Crippen molar-refractivity contribution in [1.29, 1.82) is 0 Å². The van der Waals surface area contributed by atoms with Crippen LogP contribution in [0.1, 0.15) is 17.4 Å². The summed E-state index contributed by atoms with van der Waals surface area (Å²) in [7, 11) is 0. The first-order chi connectivity index (χ1) is 9.61. The van der Waals surface area contributed by atoms with Gasteiger partial charge in [-0.3, -0.25) is 0 Å². The van der Waals surface area contributed by atoms with E-state index in [1.54, 1.807) is 11.3 Å². The lowest BCUT2D eigenvalue weighted by atomic mass is 10.0. The third-order valence-corrected chi connectivity index (χ3v) is 4.62. The Morgan fingerprint density at radius 2 is 2.05 bits per heavy atom. The standard InChI is InChI=1S/C15H16BrF2NS/c1-2-19-10(8-11-4-3-7-20-11)9-12-14(17)6-5-13(16)15(12)18/h3-7,10,19H,2,8-9H2,1H3. The average Bonchev–Trinajstić information content (AvgIpc) is 2.92. The number of thiophene rings is 1. The van der Waals surface area contributed by atoms with Crippen molar-refractivity contribution in [2.24, 2.45) is 0 Å². The normalized spacial score (nSPS) is 12.6. The zero-order valence-electron chi connectivity index (χ0n) is 11.1. The van der Waals surface area contributed by atoms with Crippen LogP contribution in [0.25, 0.3) is 0 Å². The fraction of sp³-hybridized carbons (Fsp3) is 0.333. The molecule has 0 radical (unpaired) electrons. The first-order valence-corrected chi connectivity index (χ1v) is 8.17. The van der Waals surface area contributed by atoms with Gasteiger partial charge in [-0.05, 0) is 58.9 Å². The summed E-state index contributed by atoms with van der Waals surface area (Å²) in [5, 5.41) is 5.31. The van der Waals surface area contributed by atoms with Crippen molar-refractivity contribution in [2.45, 2.75) is 25.8 Å². The third-order valence-electron chi connectivity index (χ3n) is 3.11. The minimum absolute atomic E-state index is 0.0250. The van der Waals surface area contributed by atoms with Gasteiger partial charge >= 0.3 is 0 Å². The number of likely N-dealkylation sites (N-methyl/N-ethyl adjacent to an activating group) is 1. The lowest BCUT2D eigenvalue weighted by Gasteiger charge is -2.18. The molecule has 1 nitrogen and oxygen atoms in total. The SMILES string of the molecule is CCNC(Cc1cccs1)Cc1c(F)ccc(Br)c1F. The predicted molar refractivity (Wildman–Crippen MR) is 83.2 cm³/mol. The highest BCUT2D eigenvalue weighted by molar-refractivity contribution is 9.10. The summed E-state index contributed by atoms with van der Waals surface area (Å²) < 4.78 is 28.2. The monoisotopic (exact) mass is 359 g/mol. The molecule has 1 atom stereocenters. The van der Waals surface area contributed by atoms with Gasteiger partial charge in [0.25, 0.3) is 0 Å². The lowest BCUT2D eigenvalue weighted by Crippen LogP contribution is -2.33. The van der Waals surface area contributed by atoms with Gasteiger partial charge in [-0.15, -0.1) is 11.3 Å². The first-order valence-electron chi connectivity index (χ1n) is 6.50. The van der Waals surface area contributed by atoms with E-state index in [1.165, 1.54) is 17.0 Å². The molecule has 2 aromatic rings. The zero-order valence-corrected chi connectivity index (χ0v) is 13.5. The summed E-state index contributed by atoms with van der Waals surface area (Å²) in [6, 6.07) is 6.76. The van der Waals surface area contributed by atoms with E-state index in [9.17, 15) is 8.78 Å². The van der Waals surface area contributed by atoms with Crippen molar-refractivity contribution in [3.63, 3.8) is 0 Å². The molecule has 0 bridgehead atoms. The minimum atomic E-state index is -0.501. The lowest BCUT2D eigenvalue weighted by molar-refractivity contribution is 0.484. The molecule has 0 spiro atoms. The number of nitrogens with one attached hydrogen (secondary N) is 1. The van der Waals surface area contributed by atoms with Crippen LogP contribution in [0.4, 0.5) is 8.78 Å². The fourth-order valence-electron chi connectivity index (χ4n) is 2.18. The molecule has 1 aromatic carbocycles. The van der Waals surface area contributed by atoms with Crippen molar-refractivity contribution >= 4 is 27.3 Å². The van der Waals surface area contributed by atoms with Gasteiger partial charge < -0.3 is 5.32 Å². The summed E-state index contributed by atoms with van der Waals surface area (Å²) in [4.78, 5) is 1.21. The van der Waals surface area contributed by atoms with E-state index in [0.717, 1.165) is 13.0 Å². The average molecular weight is 360 g/mol. The maximum atomic E-state index is 14.0. The molecule has 2 rings (SSSR count). The van der Waals surface area contributed by atoms with Crippen LogP contribution in [-0.2, 0) is 12.8 Å². The smallest absolute Gasteiger partial charge is 0.143 e. The van der Waals surface area contributed by atoms with Crippen LogP contribution in [0, 0.1) is 11.6 Å². The Bertz CT molecular complexity index is 557. The summed E-state index contributed by atoms with van der Waals surface area (Å²) in [5.41, 5.74) is 0.141. The van der Waals surface area contributed by atoms with Crippen molar-refractivity contribution in [2.75, 3.05) is 6.54 Å². The molecule has 1 N–H and O–H groups in total. The Morgan fingerprint density at radius 1 is 1.25 bits per heavy atom. The second-order valence-corrected chi connectivity index (χ2v) is 6.45. The van der Waals surface area contributed by atoms with Crippen molar-refractivity contribution < 1.29 is 8.78 Å². The summed E-state index contributed by atoms with van der Waals surface area (Å²) in [5.74, 6) is -0.987. The van der Waals surface area contributed by atoms with Gasteiger partial charge in [-0.25, -0.2) is 8.78 Å². The highest BCUT2D eigenvalue weighted by Gasteiger charge is 2.18. The van der Waals surface area contributed by atoms with Crippen LogP contribution in [0.2, 0.25) is 0 Å². The number of benzene rings is 1. The molecular weight excluding hydrogens is 344 g/mol. The van der Waals surface area contributed by atoms with E-state index in [-0.39, 0.29) is 11.6 Å². The Balaban J connectivity index is 2.17. The highest BCUT2D eigenvalue weighted by atomic mass is 79.9. The van der Waals surface area contributed by atoms with Crippen molar-refractivity contribution in [1.82, 2.24) is 5.32 Å². The molecule has 0 fully saturated rings. The summed E-state index contributed by atoms with van der Waals surface area (Å²) in [6.07, 6.45) is 1.11. The van der Waals surface area contributed by atoms with Gasteiger partial charge in [0, 0.05) is 16.5 Å². The summed E-state index contributed by atoms with van der Waals surface area (Å²) in [6.45, 7) is 2.77. The van der Waals surface area contributed by atoms with Gasteiger partial charge in [-0.2, -0.15) is 0 Å². The molecule has 5 heteroatoms. The van der Waals surface area contributed by atoms with Gasteiger partial charge in [0.05, 0.1) is 4.47 Å². The van der Waals surface area contributed by atoms with Gasteiger partial charge in [0.1, 0.15) is 11.6 Å². The molecule has 1 heterocycles. The Labute approximate surface area is 130 Å². The molecule has 0 aliphatic carbocycles. The Hall–Kier alpha value is -0.780. The highest BCUT2D eigenvalue weighted by Crippen LogP contribution is 2.24. The van der Waals surface area contributed by atoms with Crippen LogP contribution < -0.4 is 5.32 Å². The zero-order chi connectivity index (χ0) is 14.5. The second kappa shape index (κ2) is 7.29. The van der Waals surface area contributed by atoms with Gasteiger partial charge in [0.2, 0.25) is 0 Å². The number of hydrogen-bond acceptors (Lipinski definition) is 2. The quantitative estimate of drug-likeness (QED) is 0.745. The number of halogens is 3. The van der Waals surface area contributed by atoms with Gasteiger partial charge in [0.15, 0.2) is 0 Å². The molecule has 1 unspecified atom stereocenters. The molecule has 0 amide bonds. The van der Waals surface area contributed by atoms with Crippen LogP contribution in [0.15, 0.2) is 34.1 Å². The third kappa shape index (κ3) is 3.87. The van der Waals surface area contributed by atoms with E-state index >= 15 is 0 Å². The van der Waals surface area contributed by atoms with E-state index in [1.807, 2.05) is 24.4 Å². The largest absolute Gasteiger partial charge is 0.314 e. The molecule has 0 saturated heterocycles. The molecule has 0 saturated carbocycles. The molecule has 0 aliphatic heterocycles. The minimum Gasteiger partial charge on any atom is -0.314 e. The number of rotatable bonds is 6. The van der Waals surface area contributed by atoms with E-state index in [4.69, 9.17) is 0 Å². The van der Waals surface area contributed by atoms with Crippen LogP contribution >= 0.6 is 27.3 Å². The predicted octanol–water partition coefficient (Wildman–Crippen LogP) is 4.55.